The summed E-state index contributed by atoms with van der Waals surface area (Å²) < 4.78 is 0. The molecule has 104 valence electrons. The van der Waals surface area contributed by atoms with Crippen LogP contribution in [0.1, 0.15) is 17.5 Å². The van der Waals surface area contributed by atoms with Crippen LogP contribution >= 0.6 is 0 Å². The van der Waals surface area contributed by atoms with E-state index in [1.54, 1.807) is 24.3 Å². The molecule has 2 rings (SSSR count). The fourth-order valence-electron chi connectivity index (χ4n) is 1.91. The van der Waals surface area contributed by atoms with Crippen LogP contribution in [-0.2, 0) is 17.8 Å². The Morgan fingerprint density at radius 3 is 2.50 bits per heavy atom. The Labute approximate surface area is 118 Å². The minimum atomic E-state index is -0.0127. The van der Waals surface area contributed by atoms with E-state index in [1.807, 2.05) is 24.3 Å². The number of aryl methyl sites for hydroxylation is 1. The first-order valence-corrected chi connectivity index (χ1v) is 6.53. The molecule has 20 heavy (non-hydrogen) atoms. The van der Waals surface area contributed by atoms with E-state index >= 15 is 0 Å². The maximum atomic E-state index is 11.8. The van der Waals surface area contributed by atoms with Crippen molar-refractivity contribution in [3.63, 3.8) is 0 Å². The van der Waals surface area contributed by atoms with Crippen LogP contribution in [0.3, 0.4) is 0 Å². The van der Waals surface area contributed by atoms with Gasteiger partial charge in [0, 0.05) is 18.7 Å². The molecule has 2 aromatic rings. The monoisotopic (exact) mass is 270 g/mol. The third-order valence-corrected chi connectivity index (χ3v) is 3.10. The lowest BCUT2D eigenvalue weighted by Crippen LogP contribution is -2.23. The highest BCUT2D eigenvalue weighted by molar-refractivity contribution is 5.76. The standard InChI is InChI=1S/C16H18N2O2/c17-15-4-2-1-3-13(15)7-10-16(20)18-11-12-5-8-14(19)9-6-12/h1-6,8-9,19H,7,10-11,17H2,(H,18,20). The molecule has 0 aliphatic heterocycles. The molecule has 0 heterocycles. The minimum absolute atomic E-state index is 0.0127. The number of rotatable bonds is 5. The maximum absolute atomic E-state index is 11.8. The van der Waals surface area contributed by atoms with Crippen LogP contribution in [0.4, 0.5) is 5.69 Å². The predicted molar refractivity (Wildman–Crippen MR) is 79.1 cm³/mol. The summed E-state index contributed by atoms with van der Waals surface area (Å²) in [5.41, 5.74) is 8.50. The first-order valence-electron chi connectivity index (χ1n) is 6.53. The Hall–Kier alpha value is -2.49. The van der Waals surface area contributed by atoms with E-state index in [4.69, 9.17) is 5.73 Å². The van der Waals surface area contributed by atoms with Gasteiger partial charge >= 0.3 is 0 Å². The molecule has 4 heteroatoms. The van der Waals surface area contributed by atoms with E-state index in [0.717, 1.165) is 16.8 Å². The zero-order valence-corrected chi connectivity index (χ0v) is 11.2. The summed E-state index contributed by atoms with van der Waals surface area (Å²) in [7, 11) is 0. The summed E-state index contributed by atoms with van der Waals surface area (Å²) in [6.07, 6.45) is 1.04. The Kier molecular flexibility index (Phi) is 4.60. The van der Waals surface area contributed by atoms with Gasteiger partial charge in [-0.2, -0.15) is 0 Å². The van der Waals surface area contributed by atoms with Gasteiger partial charge in [-0.05, 0) is 35.7 Å². The zero-order chi connectivity index (χ0) is 14.4. The molecule has 0 bridgehead atoms. The van der Waals surface area contributed by atoms with Crippen molar-refractivity contribution in [1.82, 2.24) is 5.32 Å². The van der Waals surface area contributed by atoms with E-state index in [1.165, 1.54) is 0 Å². The molecule has 0 radical (unpaired) electrons. The molecule has 0 spiro atoms. The number of nitrogens with one attached hydrogen (secondary N) is 1. The molecule has 1 amide bonds. The highest BCUT2D eigenvalue weighted by atomic mass is 16.3. The van der Waals surface area contributed by atoms with E-state index in [9.17, 15) is 9.90 Å². The fourth-order valence-corrected chi connectivity index (χ4v) is 1.91. The predicted octanol–water partition coefficient (Wildman–Crippen LogP) is 2.22. The quantitative estimate of drug-likeness (QED) is 0.729. The van der Waals surface area contributed by atoms with Gasteiger partial charge in [0.1, 0.15) is 5.75 Å². The van der Waals surface area contributed by atoms with Gasteiger partial charge < -0.3 is 16.2 Å². The maximum Gasteiger partial charge on any atom is 0.220 e. The van der Waals surface area contributed by atoms with Crippen molar-refractivity contribution in [2.75, 3.05) is 5.73 Å². The number of hydrogen-bond donors (Lipinski definition) is 3. The third-order valence-electron chi connectivity index (χ3n) is 3.10. The van der Waals surface area contributed by atoms with Crippen LogP contribution in [0.5, 0.6) is 5.75 Å². The molecule has 0 aromatic heterocycles. The van der Waals surface area contributed by atoms with Gasteiger partial charge in [0.15, 0.2) is 0 Å². The molecule has 0 saturated carbocycles. The first-order chi connectivity index (χ1) is 9.65. The van der Waals surface area contributed by atoms with Crippen LogP contribution in [-0.4, -0.2) is 11.0 Å². The molecular formula is C16H18N2O2. The van der Waals surface area contributed by atoms with Crippen molar-refractivity contribution in [2.24, 2.45) is 0 Å². The number of para-hydroxylation sites is 1. The number of hydrogen-bond acceptors (Lipinski definition) is 3. The number of phenols is 1. The van der Waals surface area contributed by atoms with Crippen LogP contribution in [0, 0.1) is 0 Å². The average molecular weight is 270 g/mol. The summed E-state index contributed by atoms with van der Waals surface area (Å²) in [6, 6.07) is 14.3. The number of nitrogens with two attached hydrogens (primary N) is 1. The summed E-state index contributed by atoms with van der Waals surface area (Å²) in [4.78, 5) is 11.8. The second-order valence-corrected chi connectivity index (χ2v) is 4.64. The Morgan fingerprint density at radius 2 is 1.80 bits per heavy atom. The fraction of sp³-hybridized carbons (Fsp3) is 0.188. The second-order valence-electron chi connectivity index (χ2n) is 4.64. The summed E-state index contributed by atoms with van der Waals surface area (Å²) in [5, 5.41) is 12.0. The van der Waals surface area contributed by atoms with E-state index < -0.39 is 0 Å². The molecule has 0 unspecified atom stereocenters. The zero-order valence-electron chi connectivity index (χ0n) is 11.2. The lowest BCUT2D eigenvalue weighted by molar-refractivity contribution is -0.121. The van der Waals surface area contributed by atoms with Crippen LogP contribution < -0.4 is 11.1 Å². The smallest absolute Gasteiger partial charge is 0.220 e. The van der Waals surface area contributed by atoms with Gasteiger partial charge in [-0.3, -0.25) is 4.79 Å². The summed E-state index contributed by atoms with van der Waals surface area (Å²) in [5.74, 6) is 0.209. The van der Waals surface area contributed by atoms with Crippen LogP contribution in [0.25, 0.3) is 0 Å². The lowest BCUT2D eigenvalue weighted by Gasteiger charge is -2.07. The normalized spacial score (nSPS) is 10.2. The summed E-state index contributed by atoms with van der Waals surface area (Å²) >= 11 is 0. The topological polar surface area (TPSA) is 75.4 Å². The number of aromatic hydroxyl groups is 1. The molecule has 4 N–H and O–H groups in total. The van der Waals surface area contributed by atoms with Gasteiger partial charge in [-0.15, -0.1) is 0 Å². The van der Waals surface area contributed by atoms with Crippen molar-refractivity contribution in [3.8, 4) is 5.75 Å². The van der Waals surface area contributed by atoms with E-state index in [0.29, 0.717) is 19.4 Å². The number of amides is 1. The van der Waals surface area contributed by atoms with Crippen molar-refractivity contribution >= 4 is 11.6 Å². The van der Waals surface area contributed by atoms with Gasteiger partial charge in [0.25, 0.3) is 0 Å². The number of carbonyl (C=O) groups is 1. The number of phenolic OH excluding ortho intramolecular Hbond substituents is 1. The SMILES string of the molecule is Nc1ccccc1CCC(=O)NCc1ccc(O)cc1. The highest BCUT2D eigenvalue weighted by Gasteiger charge is 2.04. The Balaban J connectivity index is 1.78. The van der Waals surface area contributed by atoms with Crippen molar-refractivity contribution in [2.45, 2.75) is 19.4 Å². The van der Waals surface area contributed by atoms with Crippen LogP contribution in [0.2, 0.25) is 0 Å². The number of carbonyl (C=O) groups excluding carboxylic acids is 1. The Bertz CT molecular complexity index is 579. The molecule has 2 aromatic carbocycles. The Morgan fingerprint density at radius 1 is 1.10 bits per heavy atom. The highest BCUT2D eigenvalue weighted by Crippen LogP contribution is 2.13. The largest absolute Gasteiger partial charge is 0.508 e. The molecular weight excluding hydrogens is 252 g/mol. The van der Waals surface area contributed by atoms with Crippen LogP contribution in [0.15, 0.2) is 48.5 Å². The van der Waals surface area contributed by atoms with Crippen molar-refractivity contribution in [3.05, 3.63) is 59.7 Å². The van der Waals surface area contributed by atoms with E-state index in [2.05, 4.69) is 5.32 Å². The van der Waals surface area contributed by atoms with Gasteiger partial charge in [0.2, 0.25) is 5.91 Å². The number of nitrogen functional groups attached to an aromatic ring is 1. The van der Waals surface area contributed by atoms with E-state index in [-0.39, 0.29) is 11.7 Å². The van der Waals surface area contributed by atoms with Gasteiger partial charge in [-0.25, -0.2) is 0 Å². The van der Waals surface area contributed by atoms with Gasteiger partial charge in [-0.1, -0.05) is 30.3 Å². The molecule has 0 aliphatic rings. The summed E-state index contributed by atoms with van der Waals surface area (Å²) in [6.45, 7) is 0.462. The average Bonchev–Trinajstić information content (AvgIpc) is 2.46. The van der Waals surface area contributed by atoms with Gasteiger partial charge in [0.05, 0.1) is 0 Å². The van der Waals surface area contributed by atoms with Crippen molar-refractivity contribution < 1.29 is 9.90 Å². The first kappa shape index (κ1) is 13.9. The number of benzene rings is 2. The molecule has 0 saturated heterocycles. The third kappa shape index (κ3) is 4.02. The lowest BCUT2D eigenvalue weighted by atomic mass is 10.1. The number of anilines is 1. The van der Waals surface area contributed by atoms with Crippen molar-refractivity contribution in [1.29, 1.82) is 0 Å². The molecule has 0 atom stereocenters. The molecule has 0 fully saturated rings. The minimum Gasteiger partial charge on any atom is -0.508 e. The molecule has 0 aliphatic carbocycles. The molecule has 4 nitrogen and oxygen atoms in total. The second kappa shape index (κ2) is 6.61.